The summed E-state index contributed by atoms with van der Waals surface area (Å²) in [5, 5.41) is 10.5. The number of hydrogen-bond donors (Lipinski definition) is 1. The molecule has 1 N–H and O–H groups in total. The molecule has 0 aliphatic carbocycles. The molecule has 3 aromatic heterocycles. The van der Waals surface area contributed by atoms with Crippen LogP contribution in [-0.4, -0.2) is 20.3 Å². The molecule has 0 unspecified atom stereocenters. The number of alkyl halides is 3. The Balaban J connectivity index is 2.48. The summed E-state index contributed by atoms with van der Waals surface area (Å²) in [5.41, 5.74) is -2.61. The largest absolute Gasteiger partial charge is 0.543 e. The maximum atomic E-state index is 12.9. The van der Waals surface area contributed by atoms with E-state index in [-0.39, 0.29) is 16.7 Å². The predicted molar refractivity (Wildman–Crippen MR) is 62.7 cm³/mol. The van der Waals surface area contributed by atoms with E-state index in [2.05, 4.69) is 9.97 Å². The van der Waals surface area contributed by atoms with Crippen LogP contribution in [0.15, 0.2) is 29.2 Å². The van der Waals surface area contributed by atoms with Gasteiger partial charge < -0.3 is 14.9 Å². The molecular formula is C12H5F3N3O3-. The molecule has 0 amide bonds. The number of carboxylic acid groups (broad SMARTS) is 1. The Morgan fingerprint density at radius 1 is 1.33 bits per heavy atom. The number of aromatic carboxylic acids is 1. The highest BCUT2D eigenvalue weighted by atomic mass is 19.4. The van der Waals surface area contributed by atoms with Crippen LogP contribution in [0.3, 0.4) is 0 Å². The molecule has 21 heavy (non-hydrogen) atoms. The molecule has 0 aromatic carbocycles. The third-order valence-corrected chi connectivity index (χ3v) is 2.95. The fourth-order valence-corrected chi connectivity index (χ4v) is 2.10. The first kappa shape index (κ1) is 13.2. The van der Waals surface area contributed by atoms with Crippen molar-refractivity contribution >= 4 is 22.6 Å². The number of carboxylic acids is 1. The summed E-state index contributed by atoms with van der Waals surface area (Å²) >= 11 is 0. The molecule has 3 heterocycles. The van der Waals surface area contributed by atoms with Crippen LogP contribution in [0.25, 0.3) is 16.7 Å². The topological polar surface area (TPSA) is 90.3 Å². The van der Waals surface area contributed by atoms with Gasteiger partial charge in [0.25, 0.3) is 0 Å². The predicted octanol–water partition coefficient (Wildman–Crippen LogP) is 0.558. The average Bonchev–Trinajstić information content (AvgIpc) is 2.81. The van der Waals surface area contributed by atoms with Crippen molar-refractivity contribution in [3.05, 3.63) is 46.0 Å². The number of H-pyrrole nitrogens is 1. The van der Waals surface area contributed by atoms with Gasteiger partial charge in [0.15, 0.2) is 0 Å². The minimum absolute atomic E-state index is 0.0803. The third kappa shape index (κ3) is 2.02. The molecule has 0 aliphatic heterocycles. The number of carbonyl (C=O) groups is 1. The van der Waals surface area contributed by atoms with Crippen molar-refractivity contribution in [3.63, 3.8) is 0 Å². The van der Waals surface area contributed by atoms with Crippen LogP contribution in [0.5, 0.6) is 0 Å². The maximum Gasteiger partial charge on any atom is 0.417 e. The van der Waals surface area contributed by atoms with Gasteiger partial charge >= 0.3 is 6.18 Å². The number of fused-ring (bicyclic) bond motifs is 3. The van der Waals surface area contributed by atoms with Crippen molar-refractivity contribution in [2.24, 2.45) is 0 Å². The molecule has 3 rings (SSSR count). The maximum absolute atomic E-state index is 12.9. The number of carbonyl (C=O) groups excluding carboxylic acids is 1. The van der Waals surface area contributed by atoms with Gasteiger partial charge in [-0.15, -0.1) is 0 Å². The first-order valence-corrected chi connectivity index (χ1v) is 5.61. The zero-order chi connectivity index (χ0) is 15.4. The highest BCUT2D eigenvalue weighted by Gasteiger charge is 2.33. The Hall–Kier alpha value is -2.84. The number of nitrogens with one attached hydrogen (secondary N) is 1. The van der Waals surface area contributed by atoms with Crippen molar-refractivity contribution in [3.8, 4) is 0 Å². The second-order valence-electron chi connectivity index (χ2n) is 4.28. The summed E-state index contributed by atoms with van der Waals surface area (Å²) in [6, 6.07) is 2.79. The second-order valence-corrected chi connectivity index (χ2v) is 4.28. The summed E-state index contributed by atoms with van der Waals surface area (Å²) in [4.78, 5) is 28.1. The number of imidazole rings is 1. The van der Waals surface area contributed by atoms with Crippen molar-refractivity contribution in [2.45, 2.75) is 6.18 Å². The molecule has 3 aromatic rings. The summed E-state index contributed by atoms with van der Waals surface area (Å²) in [6.45, 7) is 0. The van der Waals surface area contributed by atoms with E-state index in [0.717, 1.165) is 16.7 Å². The molecule has 0 atom stereocenters. The van der Waals surface area contributed by atoms with Gasteiger partial charge in [-0.05, 0) is 12.1 Å². The first-order valence-electron chi connectivity index (χ1n) is 5.61. The van der Waals surface area contributed by atoms with E-state index in [1.807, 2.05) is 0 Å². The Bertz CT molecular complexity index is 940. The number of rotatable bonds is 1. The van der Waals surface area contributed by atoms with Crippen LogP contribution < -0.4 is 10.7 Å². The second kappa shape index (κ2) is 4.08. The molecule has 0 aliphatic rings. The summed E-state index contributed by atoms with van der Waals surface area (Å²) in [6.07, 6.45) is -3.72. The Morgan fingerprint density at radius 2 is 2.05 bits per heavy atom. The van der Waals surface area contributed by atoms with E-state index in [0.29, 0.717) is 6.07 Å². The van der Waals surface area contributed by atoms with E-state index >= 15 is 0 Å². The molecule has 0 radical (unpaired) electrons. The monoisotopic (exact) mass is 296 g/mol. The van der Waals surface area contributed by atoms with E-state index in [9.17, 15) is 27.9 Å². The molecule has 0 saturated carbocycles. The molecular weight excluding hydrogens is 291 g/mol. The highest BCUT2D eigenvalue weighted by molar-refractivity contribution is 5.87. The summed E-state index contributed by atoms with van der Waals surface area (Å²) in [7, 11) is 0. The lowest BCUT2D eigenvalue weighted by molar-refractivity contribution is -0.255. The number of nitrogens with zero attached hydrogens (tertiary/aromatic N) is 2. The van der Waals surface area contributed by atoms with Gasteiger partial charge in [0.1, 0.15) is 17.0 Å². The lowest BCUT2D eigenvalue weighted by atomic mass is 10.1. The van der Waals surface area contributed by atoms with E-state index in [1.54, 1.807) is 0 Å². The fourth-order valence-electron chi connectivity index (χ4n) is 2.10. The van der Waals surface area contributed by atoms with Gasteiger partial charge in [-0.3, -0.25) is 9.20 Å². The lowest BCUT2D eigenvalue weighted by Crippen LogP contribution is -2.22. The molecule has 9 heteroatoms. The summed E-state index contributed by atoms with van der Waals surface area (Å²) in [5.74, 6) is -1.57. The number of pyridine rings is 2. The van der Waals surface area contributed by atoms with E-state index in [4.69, 9.17) is 0 Å². The normalized spacial score (nSPS) is 12.1. The highest BCUT2D eigenvalue weighted by Crippen LogP contribution is 2.33. The minimum atomic E-state index is -4.71. The number of aromatic amines is 1. The van der Waals surface area contributed by atoms with Gasteiger partial charge in [0.05, 0.1) is 11.5 Å². The standard InChI is InChI=1S/C12H6F3N3O3/c13-12(14,15)6-3-9(19)17-10-5(6)1-2-8-16-7(11(20)21)4-18(8)10/h1-4H,(H,17,19)(H,20,21)/p-1. The van der Waals surface area contributed by atoms with Crippen molar-refractivity contribution in [1.29, 1.82) is 0 Å². The van der Waals surface area contributed by atoms with Gasteiger partial charge in [-0.25, -0.2) is 4.98 Å². The van der Waals surface area contributed by atoms with Crippen molar-refractivity contribution in [2.75, 3.05) is 0 Å². The van der Waals surface area contributed by atoms with E-state index in [1.165, 1.54) is 6.07 Å². The van der Waals surface area contributed by atoms with Gasteiger partial charge in [-0.2, -0.15) is 13.2 Å². The molecule has 6 nitrogen and oxygen atoms in total. The van der Waals surface area contributed by atoms with Crippen LogP contribution >= 0.6 is 0 Å². The summed E-state index contributed by atoms with van der Waals surface area (Å²) < 4.78 is 39.9. The molecule has 108 valence electrons. The number of hydrogen-bond acceptors (Lipinski definition) is 4. The van der Waals surface area contributed by atoms with Gasteiger partial charge in [0.2, 0.25) is 5.56 Å². The van der Waals surface area contributed by atoms with Gasteiger partial charge in [0, 0.05) is 17.6 Å². The number of halogens is 3. The zero-order valence-electron chi connectivity index (χ0n) is 10.1. The minimum Gasteiger partial charge on any atom is -0.543 e. The van der Waals surface area contributed by atoms with Crippen molar-refractivity contribution in [1.82, 2.24) is 14.4 Å². The smallest absolute Gasteiger partial charge is 0.417 e. The van der Waals surface area contributed by atoms with Crippen LogP contribution in [0.1, 0.15) is 16.1 Å². The van der Waals surface area contributed by atoms with Crippen LogP contribution in [0.4, 0.5) is 13.2 Å². The number of aromatic nitrogens is 3. The molecule has 0 fully saturated rings. The molecule has 0 spiro atoms. The van der Waals surface area contributed by atoms with Crippen LogP contribution in [-0.2, 0) is 6.18 Å². The zero-order valence-corrected chi connectivity index (χ0v) is 10.1. The first-order chi connectivity index (χ1) is 9.77. The Labute approximate surface area is 113 Å². The van der Waals surface area contributed by atoms with Crippen LogP contribution in [0, 0.1) is 0 Å². The SMILES string of the molecule is O=C([O-])c1cn2c(ccc3c(C(F)(F)F)cc(=O)[nH]c32)n1. The lowest BCUT2D eigenvalue weighted by Gasteiger charge is -2.10. The molecule has 0 bridgehead atoms. The third-order valence-electron chi connectivity index (χ3n) is 2.95. The van der Waals surface area contributed by atoms with Crippen LogP contribution in [0.2, 0.25) is 0 Å². The van der Waals surface area contributed by atoms with E-state index < -0.39 is 29.0 Å². The fraction of sp³-hybridized carbons (Fsp3) is 0.0833. The van der Waals surface area contributed by atoms with Gasteiger partial charge in [-0.1, -0.05) is 0 Å². The average molecular weight is 296 g/mol. The quantitative estimate of drug-likeness (QED) is 0.710. The van der Waals surface area contributed by atoms with Crippen molar-refractivity contribution < 1.29 is 23.1 Å². The Kier molecular flexibility index (Phi) is 2.55. The Morgan fingerprint density at radius 3 is 2.67 bits per heavy atom. The molecule has 0 saturated heterocycles.